The van der Waals surface area contributed by atoms with Crippen LogP contribution in [-0.4, -0.2) is 45.0 Å². The summed E-state index contributed by atoms with van der Waals surface area (Å²) in [6.07, 6.45) is 0.483. The van der Waals surface area contributed by atoms with Gasteiger partial charge in [-0.15, -0.1) is 0 Å². The Morgan fingerprint density at radius 3 is 1.51 bits per heavy atom. The van der Waals surface area contributed by atoms with Crippen molar-refractivity contribution in [2.45, 2.75) is 26.7 Å². The van der Waals surface area contributed by atoms with Crippen molar-refractivity contribution < 1.29 is 19.8 Å². The molecule has 0 aliphatic rings. The summed E-state index contributed by atoms with van der Waals surface area (Å²) in [6.45, 7) is 3.45. The summed E-state index contributed by atoms with van der Waals surface area (Å²) in [6, 6.07) is 22.4. The van der Waals surface area contributed by atoms with Gasteiger partial charge in [0.15, 0.2) is 0 Å². The average Bonchev–Trinajstić information content (AvgIpc) is 2.95. The lowest BCUT2D eigenvalue weighted by Crippen LogP contribution is -2.21. The van der Waals surface area contributed by atoms with Crippen LogP contribution in [-0.2, 0) is 9.59 Å². The highest BCUT2D eigenvalue weighted by Gasteiger charge is 2.11. The molecule has 200 valence electrons. The SMILES string of the molecule is CC(=NNC(=O)CCSCCC(=O)NN=C(C)c1ccc2ccccc2c1O)c1ccc2ccccc2c1O. The number of nitrogens with one attached hydrogen (secondary N) is 2. The highest BCUT2D eigenvalue weighted by Crippen LogP contribution is 2.30. The van der Waals surface area contributed by atoms with Crippen molar-refractivity contribution in [3.05, 3.63) is 83.9 Å². The van der Waals surface area contributed by atoms with Crippen LogP contribution in [0, 0.1) is 0 Å². The molecule has 9 heteroatoms. The van der Waals surface area contributed by atoms with E-state index in [9.17, 15) is 19.8 Å². The normalized spacial score (nSPS) is 12.1. The molecule has 4 aromatic carbocycles. The number of nitrogens with zero attached hydrogens (tertiary/aromatic N) is 2. The summed E-state index contributed by atoms with van der Waals surface area (Å²) in [5, 5.41) is 32.7. The van der Waals surface area contributed by atoms with E-state index in [1.54, 1.807) is 26.0 Å². The minimum absolute atomic E-state index is 0.131. The monoisotopic (exact) mass is 542 g/mol. The maximum Gasteiger partial charge on any atom is 0.240 e. The Bertz CT molecular complexity index is 1470. The van der Waals surface area contributed by atoms with E-state index in [4.69, 9.17) is 0 Å². The molecule has 0 heterocycles. The first kappa shape index (κ1) is 27.7. The molecule has 0 aliphatic carbocycles. The lowest BCUT2D eigenvalue weighted by Gasteiger charge is -2.08. The van der Waals surface area contributed by atoms with Crippen molar-refractivity contribution >= 4 is 56.5 Å². The van der Waals surface area contributed by atoms with Gasteiger partial charge in [0.1, 0.15) is 11.5 Å². The number of thioether (sulfide) groups is 1. The topological polar surface area (TPSA) is 123 Å². The molecular formula is C30H30N4O4S. The highest BCUT2D eigenvalue weighted by atomic mass is 32.2. The van der Waals surface area contributed by atoms with Crippen molar-refractivity contribution in [2.24, 2.45) is 10.2 Å². The minimum atomic E-state index is -0.248. The summed E-state index contributed by atoms with van der Waals surface area (Å²) in [4.78, 5) is 24.4. The van der Waals surface area contributed by atoms with Gasteiger partial charge in [-0.05, 0) is 36.8 Å². The van der Waals surface area contributed by atoms with Gasteiger partial charge in [0.2, 0.25) is 11.8 Å². The van der Waals surface area contributed by atoms with E-state index < -0.39 is 0 Å². The molecule has 4 aromatic rings. The summed E-state index contributed by atoms with van der Waals surface area (Å²) >= 11 is 1.48. The maximum atomic E-state index is 12.2. The Balaban J connectivity index is 1.18. The van der Waals surface area contributed by atoms with E-state index >= 15 is 0 Å². The fraction of sp³-hybridized carbons (Fsp3) is 0.200. The van der Waals surface area contributed by atoms with Gasteiger partial charge in [0.25, 0.3) is 0 Å². The van der Waals surface area contributed by atoms with Crippen LogP contribution >= 0.6 is 11.8 Å². The summed E-state index contributed by atoms with van der Waals surface area (Å²) in [5.41, 5.74) is 7.18. The zero-order valence-corrected chi connectivity index (χ0v) is 22.6. The number of phenols is 2. The Hall–Kier alpha value is -4.37. The van der Waals surface area contributed by atoms with Crippen molar-refractivity contribution in [3.8, 4) is 11.5 Å². The average molecular weight is 543 g/mol. The molecule has 2 amide bonds. The van der Waals surface area contributed by atoms with Crippen LogP contribution in [0.2, 0.25) is 0 Å². The van der Waals surface area contributed by atoms with Gasteiger partial charge in [-0.1, -0.05) is 60.7 Å². The van der Waals surface area contributed by atoms with Crippen LogP contribution in [0.4, 0.5) is 0 Å². The van der Waals surface area contributed by atoms with Crippen LogP contribution in [0.1, 0.15) is 37.8 Å². The lowest BCUT2D eigenvalue weighted by molar-refractivity contribution is -0.121. The Labute approximate surface area is 230 Å². The minimum Gasteiger partial charge on any atom is -0.507 e. The molecule has 0 atom stereocenters. The zero-order chi connectivity index (χ0) is 27.8. The molecule has 0 aromatic heterocycles. The molecule has 0 unspecified atom stereocenters. The molecule has 39 heavy (non-hydrogen) atoms. The van der Waals surface area contributed by atoms with Gasteiger partial charge < -0.3 is 10.2 Å². The molecule has 0 bridgehead atoms. The highest BCUT2D eigenvalue weighted by molar-refractivity contribution is 7.99. The number of hydrogen-bond donors (Lipinski definition) is 4. The van der Waals surface area contributed by atoms with E-state index in [1.807, 2.05) is 60.7 Å². The summed E-state index contributed by atoms with van der Waals surface area (Å²) in [5.74, 6) is 0.825. The van der Waals surface area contributed by atoms with E-state index in [-0.39, 0.29) is 36.2 Å². The number of amides is 2. The second kappa shape index (κ2) is 12.9. The van der Waals surface area contributed by atoms with Crippen LogP contribution in [0.3, 0.4) is 0 Å². The van der Waals surface area contributed by atoms with Crippen molar-refractivity contribution in [2.75, 3.05) is 11.5 Å². The van der Waals surface area contributed by atoms with Gasteiger partial charge in [-0.3, -0.25) is 9.59 Å². The maximum absolute atomic E-state index is 12.2. The standard InChI is InChI=1S/C30H30N4O4S/c1-19(23-13-11-21-7-3-5-9-25(21)29(23)37)31-33-27(35)15-17-39-18-16-28(36)34-32-20(2)24-14-12-22-8-4-6-10-26(22)30(24)38/h3-14,37-38H,15-18H2,1-2H3,(H,33,35)(H,34,36). The van der Waals surface area contributed by atoms with Crippen molar-refractivity contribution in [1.82, 2.24) is 10.9 Å². The molecule has 0 spiro atoms. The van der Waals surface area contributed by atoms with Crippen LogP contribution in [0.5, 0.6) is 11.5 Å². The molecular weight excluding hydrogens is 512 g/mol. The van der Waals surface area contributed by atoms with E-state index in [0.717, 1.165) is 21.5 Å². The largest absolute Gasteiger partial charge is 0.507 e. The number of hydrazone groups is 2. The van der Waals surface area contributed by atoms with Crippen molar-refractivity contribution in [3.63, 3.8) is 0 Å². The van der Waals surface area contributed by atoms with E-state index in [1.165, 1.54) is 11.8 Å². The number of fused-ring (bicyclic) bond motifs is 2. The van der Waals surface area contributed by atoms with Gasteiger partial charge in [0, 0.05) is 46.2 Å². The van der Waals surface area contributed by atoms with Gasteiger partial charge >= 0.3 is 0 Å². The first-order chi connectivity index (χ1) is 18.8. The predicted molar refractivity (Wildman–Crippen MR) is 158 cm³/mol. The number of rotatable bonds is 10. The van der Waals surface area contributed by atoms with E-state index in [0.29, 0.717) is 34.1 Å². The third kappa shape index (κ3) is 6.94. The first-order valence-electron chi connectivity index (χ1n) is 12.5. The number of aromatic hydroxyl groups is 2. The van der Waals surface area contributed by atoms with Crippen LogP contribution in [0.25, 0.3) is 21.5 Å². The molecule has 8 nitrogen and oxygen atoms in total. The zero-order valence-electron chi connectivity index (χ0n) is 21.8. The number of carbonyl (C=O) groups excluding carboxylic acids is 2. The Kier molecular flexibility index (Phi) is 9.17. The molecule has 0 fully saturated rings. The Morgan fingerprint density at radius 2 is 1.08 bits per heavy atom. The van der Waals surface area contributed by atoms with E-state index in [2.05, 4.69) is 21.1 Å². The molecule has 4 rings (SSSR count). The molecule has 0 radical (unpaired) electrons. The van der Waals surface area contributed by atoms with Gasteiger partial charge in [0.05, 0.1) is 11.4 Å². The predicted octanol–water partition coefficient (Wildman–Crippen LogP) is 5.30. The lowest BCUT2D eigenvalue weighted by atomic mass is 10.0. The van der Waals surface area contributed by atoms with Crippen LogP contribution < -0.4 is 10.9 Å². The molecule has 0 saturated heterocycles. The fourth-order valence-corrected chi connectivity index (χ4v) is 4.91. The number of carbonyl (C=O) groups is 2. The third-order valence-corrected chi connectivity index (χ3v) is 7.21. The second-order valence-corrected chi connectivity index (χ2v) is 10.2. The van der Waals surface area contributed by atoms with Crippen molar-refractivity contribution in [1.29, 1.82) is 0 Å². The third-order valence-electron chi connectivity index (χ3n) is 6.22. The molecule has 0 aliphatic heterocycles. The molecule has 4 N–H and O–H groups in total. The fourth-order valence-electron chi connectivity index (χ4n) is 4.05. The number of benzene rings is 4. The van der Waals surface area contributed by atoms with Crippen LogP contribution in [0.15, 0.2) is 83.0 Å². The number of hydrogen-bond acceptors (Lipinski definition) is 7. The quantitative estimate of drug-likeness (QED) is 0.123. The Morgan fingerprint density at radius 1 is 0.667 bits per heavy atom. The summed E-state index contributed by atoms with van der Waals surface area (Å²) in [7, 11) is 0. The summed E-state index contributed by atoms with van der Waals surface area (Å²) < 4.78 is 0. The first-order valence-corrected chi connectivity index (χ1v) is 13.7. The smallest absolute Gasteiger partial charge is 0.240 e. The molecule has 0 saturated carbocycles. The second-order valence-electron chi connectivity index (χ2n) is 8.94. The van der Waals surface area contributed by atoms with Gasteiger partial charge in [-0.2, -0.15) is 22.0 Å². The number of phenolic OH excluding ortho intramolecular Hbond substituents is 2. The van der Waals surface area contributed by atoms with Gasteiger partial charge in [-0.25, -0.2) is 10.9 Å².